The smallest absolute Gasteiger partial charge is 0.462 e. The summed E-state index contributed by atoms with van der Waals surface area (Å²) in [6, 6.07) is 0. The molecule has 1 unspecified atom stereocenters. The highest BCUT2D eigenvalue weighted by molar-refractivity contribution is 7.47. The van der Waals surface area contributed by atoms with Crippen LogP contribution in [0.15, 0.2) is 72.9 Å². The van der Waals surface area contributed by atoms with Gasteiger partial charge >= 0.3 is 27.6 Å². The zero-order chi connectivity index (χ0) is 44.2. The summed E-state index contributed by atoms with van der Waals surface area (Å²) in [5.41, 5.74) is 0. The van der Waals surface area contributed by atoms with E-state index in [1.54, 1.807) is 36.5 Å². The van der Waals surface area contributed by atoms with Gasteiger partial charge in [-0.05, 0) is 44.4 Å². The summed E-state index contributed by atoms with van der Waals surface area (Å²) in [6.45, 7) is 3.57. The SMILES string of the molecule is CC/C=C\C[C@@H](O)/C=C/C=C\C/C=C\C=C\[C@@H](O)/C=C\CCCC(=O)OC[C@H](COP(=O)(O)OC[C@@H](O)COP(=O)(O)O)OC(=O)CCCCCCCCCCC(C)C. The van der Waals surface area contributed by atoms with Gasteiger partial charge in [-0.3, -0.25) is 23.2 Å². The Bertz CT molecular complexity index is 1370. The van der Waals surface area contributed by atoms with Crippen LogP contribution >= 0.6 is 15.6 Å². The van der Waals surface area contributed by atoms with E-state index in [2.05, 4.69) is 22.9 Å². The third kappa shape index (κ3) is 40.6. The topological polar surface area (TPSA) is 236 Å². The van der Waals surface area contributed by atoms with Crippen LogP contribution < -0.4 is 0 Å². The van der Waals surface area contributed by atoms with Crippen LogP contribution in [-0.2, 0) is 41.8 Å². The molecule has 0 bridgehead atoms. The molecule has 0 aromatic rings. The highest BCUT2D eigenvalue weighted by atomic mass is 31.2. The van der Waals surface area contributed by atoms with E-state index in [9.17, 15) is 38.9 Å². The van der Waals surface area contributed by atoms with E-state index >= 15 is 0 Å². The van der Waals surface area contributed by atoms with Gasteiger partial charge in [-0.1, -0.05) is 145 Å². The van der Waals surface area contributed by atoms with Crippen molar-refractivity contribution in [2.75, 3.05) is 26.4 Å². The molecule has 0 aliphatic carbocycles. The molecule has 0 aliphatic rings. The number of ether oxygens (including phenoxy) is 2. The first kappa shape index (κ1) is 56.5. The number of carbonyl (C=O) groups excluding carboxylic acids is 2. The third-order valence-corrected chi connectivity index (χ3v) is 9.64. The van der Waals surface area contributed by atoms with Gasteiger partial charge < -0.3 is 39.5 Å². The average Bonchev–Trinajstić information content (AvgIpc) is 3.17. The number of aliphatic hydroxyl groups excluding tert-OH is 3. The van der Waals surface area contributed by atoms with Crippen LogP contribution in [0.3, 0.4) is 0 Å². The number of hydrogen-bond donors (Lipinski definition) is 6. The van der Waals surface area contributed by atoms with Crippen LogP contribution in [0.25, 0.3) is 0 Å². The largest absolute Gasteiger partial charge is 0.472 e. The van der Waals surface area contributed by atoms with Crippen molar-refractivity contribution in [3.63, 3.8) is 0 Å². The normalized spacial score (nSPS) is 16.0. The first-order valence-corrected chi connectivity index (χ1v) is 23.7. The van der Waals surface area contributed by atoms with Crippen LogP contribution in [0.4, 0.5) is 0 Å². The Morgan fingerprint density at radius 1 is 0.627 bits per heavy atom. The molecule has 0 aliphatic heterocycles. The molecule has 0 aromatic heterocycles. The zero-order valence-electron chi connectivity index (χ0n) is 35.2. The minimum atomic E-state index is -4.89. The summed E-state index contributed by atoms with van der Waals surface area (Å²) >= 11 is 0. The Balaban J connectivity index is 4.77. The van der Waals surface area contributed by atoms with E-state index in [0.717, 1.165) is 38.0 Å². The second kappa shape index (κ2) is 36.2. The highest BCUT2D eigenvalue weighted by Gasteiger charge is 2.28. The number of phosphoric ester groups is 2. The van der Waals surface area contributed by atoms with E-state index in [0.29, 0.717) is 32.1 Å². The number of hydrogen-bond acceptors (Lipinski definition) is 12. The first-order valence-electron chi connectivity index (χ1n) is 20.7. The molecule has 0 rings (SSSR count). The van der Waals surface area contributed by atoms with Gasteiger partial charge in [0.2, 0.25) is 0 Å². The van der Waals surface area contributed by atoms with Crippen molar-refractivity contribution in [3.05, 3.63) is 72.9 Å². The second-order valence-corrected chi connectivity index (χ2v) is 17.1. The van der Waals surface area contributed by atoms with Crippen molar-refractivity contribution >= 4 is 27.6 Å². The first-order chi connectivity index (χ1) is 28.0. The van der Waals surface area contributed by atoms with Crippen molar-refractivity contribution in [1.29, 1.82) is 0 Å². The fourth-order valence-corrected chi connectivity index (χ4v) is 6.19. The minimum Gasteiger partial charge on any atom is -0.462 e. The number of phosphoric acid groups is 2. The average molecular weight is 879 g/mol. The maximum absolute atomic E-state index is 12.6. The summed E-state index contributed by atoms with van der Waals surface area (Å²) in [4.78, 5) is 52.5. The van der Waals surface area contributed by atoms with Gasteiger partial charge in [-0.25, -0.2) is 9.13 Å². The molecule has 5 atom stereocenters. The lowest BCUT2D eigenvalue weighted by molar-refractivity contribution is -0.161. The Morgan fingerprint density at radius 3 is 1.86 bits per heavy atom. The summed E-state index contributed by atoms with van der Waals surface area (Å²) < 4.78 is 47.5. The van der Waals surface area contributed by atoms with E-state index in [-0.39, 0.29) is 12.8 Å². The molecule has 0 aromatic carbocycles. The molecule has 17 heteroatoms. The monoisotopic (exact) mass is 878 g/mol. The van der Waals surface area contributed by atoms with Crippen LogP contribution in [0.2, 0.25) is 0 Å². The molecule has 0 saturated heterocycles. The number of aliphatic hydroxyl groups is 3. The van der Waals surface area contributed by atoms with E-state index in [4.69, 9.17) is 23.8 Å². The summed E-state index contributed by atoms with van der Waals surface area (Å²) in [6.07, 6.45) is 30.0. The summed E-state index contributed by atoms with van der Waals surface area (Å²) in [5, 5.41) is 29.7. The third-order valence-electron chi connectivity index (χ3n) is 8.20. The number of unbranched alkanes of at least 4 members (excludes halogenated alkanes) is 8. The van der Waals surface area contributed by atoms with Crippen LogP contribution in [0, 0.1) is 5.92 Å². The molecular formula is C42H72O15P2. The van der Waals surface area contributed by atoms with E-state index in [1.807, 2.05) is 43.4 Å². The predicted octanol–water partition coefficient (Wildman–Crippen LogP) is 8.02. The number of carbonyl (C=O) groups is 2. The van der Waals surface area contributed by atoms with Crippen LogP contribution in [-0.4, -0.2) is 92.8 Å². The van der Waals surface area contributed by atoms with Gasteiger partial charge in [0.05, 0.1) is 32.0 Å². The van der Waals surface area contributed by atoms with Crippen LogP contribution in [0.1, 0.15) is 124 Å². The second-order valence-electron chi connectivity index (χ2n) is 14.4. The minimum absolute atomic E-state index is 0.00596. The van der Waals surface area contributed by atoms with Crippen molar-refractivity contribution in [1.82, 2.24) is 0 Å². The van der Waals surface area contributed by atoms with Gasteiger partial charge in [-0.2, -0.15) is 0 Å². The Hall–Kier alpha value is -2.52. The molecule has 0 radical (unpaired) electrons. The fraction of sp³-hybridized carbons (Fsp3) is 0.667. The Kier molecular flexibility index (Phi) is 34.6. The lowest BCUT2D eigenvalue weighted by atomic mass is 10.0. The standard InChI is InChI=1S/C42H72O15P2/c1-4-5-18-26-37(43)27-20-14-10-8-11-15-21-28-38(44)29-22-17-24-30-41(46)53-34-40(35-56-59(51,52)55-33-39(45)32-54-58(48,49)50)57-42(47)31-23-16-12-7-6-9-13-19-25-36(2)3/h5,10-11,14-15,18,20-22,27-29,36-40,43-45H,4,6-9,12-13,16-17,19,23-26,30-35H2,1-3H3,(H,51,52)(H2,48,49,50)/b14-10-,15-11-,18-5-,27-20+,28-21+,29-22-/t37-,38-,39+,40-/m1/s1. The quantitative estimate of drug-likeness (QED) is 0.0114. The van der Waals surface area contributed by atoms with Crippen molar-refractivity contribution < 1.29 is 71.8 Å². The molecule has 6 N–H and O–H groups in total. The highest BCUT2D eigenvalue weighted by Crippen LogP contribution is 2.43. The molecule has 340 valence electrons. The Morgan fingerprint density at radius 2 is 1.22 bits per heavy atom. The molecule has 59 heavy (non-hydrogen) atoms. The molecule has 0 spiro atoms. The number of esters is 2. The van der Waals surface area contributed by atoms with E-state index in [1.165, 1.54) is 25.7 Å². The van der Waals surface area contributed by atoms with Crippen LogP contribution in [0.5, 0.6) is 0 Å². The van der Waals surface area contributed by atoms with Crippen molar-refractivity contribution in [3.8, 4) is 0 Å². The zero-order valence-corrected chi connectivity index (χ0v) is 37.0. The maximum atomic E-state index is 12.6. The van der Waals surface area contributed by atoms with Crippen molar-refractivity contribution in [2.45, 2.75) is 148 Å². The molecule has 0 fully saturated rings. The number of rotatable bonds is 37. The summed E-state index contributed by atoms with van der Waals surface area (Å²) in [5.74, 6) is -0.505. The summed E-state index contributed by atoms with van der Waals surface area (Å²) in [7, 11) is -9.74. The number of allylic oxidation sites excluding steroid dienone is 8. The molecule has 0 heterocycles. The van der Waals surface area contributed by atoms with Gasteiger partial charge in [0.15, 0.2) is 6.10 Å². The van der Waals surface area contributed by atoms with Crippen molar-refractivity contribution in [2.24, 2.45) is 5.92 Å². The lowest BCUT2D eigenvalue weighted by Gasteiger charge is -2.20. The lowest BCUT2D eigenvalue weighted by Crippen LogP contribution is -2.30. The molecular weight excluding hydrogens is 806 g/mol. The van der Waals surface area contributed by atoms with Gasteiger partial charge in [0.1, 0.15) is 12.7 Å². The maximum Gasteiger partial charge on any atom is 0.472 e. The van der Waals surface area contributed by atoms with E-state index < -0.39 is 78.4 Å². The fourth-order valence-electron chi connectivity index (χ4n) is 5.04. The van der Waals surface area contributed by atoms with Gasteiger partial charge in [0, 0.05) is 12.8 Å². The predicted molar refractivity (Wildman–Crippen MR) is 228 cm³/mol. The molecule has 15 nitrogen and oxygen atoms in total. The van der Waals surface area contributed by atoms with Gasteiger partial charge in [0.25, 0.3) is 0 Å². The molecule has 0 saturated carbocycles. The Labute approximate surface area is 351 Å². The molecule has 0 amide bonds. The van der Waals surface area contributed by atoms with Gasteiger partial charge in [-0.15, -0.1) is 0 Å².